The van der Waals surface area contributed by atoms with E-state index in [1.807, 2.05) is 13.8 Å². The lowest BCUT2D eigenvalue weighted by atomic mass is 10.0. The molecule has 7 heteroatoms. The van der Waals surface area contributed by atoms with Gasteiger partial charge in [-0.25, -0.2) is 8.42 Å². The van der Waals surface area contributed by atoms with Gasteiger partial charge in [-0.3, -0.25) is 4.79 Å². The van der Waals surface area contributed by atoms with Crippen LogP contribution in [0.4, 0.5) is 0 Å². The Kier molecular flexibility index (Phi) is 5.67. The molecular formula is C17H26N2O4S. The highest BCUT2D eigenvalue weighted by Gasteiger charge is 2.35. The lowest BCUT2D eigenvalue weighted by Crippen LogP contribution is -2.55. The second kappa shape index (κ2) is 7.21. The second-order valence-corrected chi connectivity index (χ2v) is 8.38. The van der Waals surface area contributed by atoms with Crippen molar-refractivity contribution in [2.45, 2.75) is 38.1 Å². The summed E-state index contributed by atoms with van der Waals surface area (Å²) in [6, 6.07) is 6.29. The Morgan fingerprint density at radius 1 is 1.29 bits per heavy atom. The Balaban J connectivity index is 2.35. The number of hydrogen-bond donors (Lipinski definition) is 0. The molecule has 1 aliphatic rings. The van der Waals surface area contributed by atoms with Crippen LogP contribution in [0.15, 0.2) is 29.2 Å². The molecule has 2 rings (SSSR count). The highest BCUT2D eigenvalue weighted by atomic mass is 32.2. The molecule has 134 valence electrons. The summed E-state index contributed by atoms with van der Waals surface area (Å²) in [6.07, 6.45) is 0. The van der Waals surface area contributed by atoms with Crippen LogP contribution in [-0.2, 0) is 14.8 Å². The van der Waals surface area contributed by atoms with E-state index in [2.05, 4.69) is 0 Å². The zero-order chi connectivity index (χ0) is 18.0. The molecule has 0 spiro atoms. The molecule has 1 fully saturated rings. The van der Waals surface area contributed by atoms with Gasteiger partial charge < -0.3 is 9.64 Å². The topological polar surface area (TPSA) is 66.9 Å². The van der Waals surface area contributed by atoms with Crippen LogP contribution < -0.4 is 0 Å². The van der Waals surface area contributed by atoms with Crippen LogP contribution in [0.1, 0.15) is 38.1 Å². The van der Waals surface area contributed by atoms with Gasteiger partial charge in [0.2, 0.25) is 10.0 Å². The summed E-state index contributed by atoms with van der Waals surface area (Å²) in [5, 5.41) is 0. The largest absolute Gasteiger partial charge is 0.377 e. The van der Waals surface area contributed by atoms with Gasteiger partial charge in [0.1, 0.15) is 0 Å². The summed E-state index contributed by atoms with van der Waals surface area (Å²) in [6.45, 7) is 9.74. The van der Waals surface area contributed by atoms with Crippen molar-refractivity contribution in [2.24, 2.45) is 0 Å². The van der Waals surface area contributed by atoms with Gasteiger partial charge in [-0.2, -0.15) is 4.31 Å². The Hall–Kier alpha value is -1.44. The van der Waals surface area contributed by atoms with Gasteiger partial charge in [-0.05, 0) is 32.0 Å². The molecular weight excluding hydrogens is 328 g/mol. The van der Waals surface area contributed by atoms with Crippen molar-refractivity contribution in [1.29, 1.82) is 0 Å². The number of carbonyl (C=O) groups excluding carboxylic acids is 1. The van der Waals surface area contributed by atoms with Crippen LogP contribution in [0.5, 0.6) is 0 Å². The normalized spacial score (nSPS) is 18.0. The Morgan fingerprint density at radius 3 is 2.54 bits per heavy atom. The van der Waals surface area contributed by atoms with E-state index in [1.165, 1.54) is 16.4 Å². The van der Waals surface area contributed by atoms with E-state index in [1.54, 1.807) is 30.9 Å². The molecule has 0 aliphatic carbocycles. The minimum Gasteiger partial charge on any atom is -0.377 e. The fraction of sp³-hybridized carbons (Fsp3) is 0.588. The van der Waals surface area contributed by atoms with Crippen LogP contribution in [0.25, 0.3) is 0 Å². The molecule has 0 unspecified atom stereocenters. The summed E-state index contributed by atoms with van der Waals surface area (Å²) in [4.78, 5) is 14.8. The average molecular weight is 354 g/mol. The Bertz CT molecular complexity index is 696. The molecule has 0 saturated carbocycles. The second-order valence-electron chi connectivity index (χ2n) is 6.44. The summed E-state index contributed by atoms with van der Waals surface area (Å²) in [7, 11) is -3.58. The number of amides is 1. The molecule has 1 aromatic carbocycles. The van der Waals surface area contributed by atoms with Crippen molar-refractivity contribution in [2.75, 3.05) is 32.8 Å². The first kappa shape index (κ1) is 18.9. The third-order valence-electron chi connectivity index (χ3n) is 4.31. The SMILES string of the molecule is CCN(CC)S(=O)(=O)c1cccc(C(=O)N2CCOCC2(C)C)c1. The van der Waals surface area contributed by atoms with Crippen molar-refractivity contribution < 1.29 is 17.9 Å². The summed E-state index contributed by atoms with van der Waals surface area (Å²) in [5.74, 6) is -0.167. The summed E-state index contributed by atoms with van der Waals surface area (Å²) in [5.41, 5.74) is -0.0264. The van der Waals surface area contributed by atoms with E-state index in [9.17, 15) is 13.2 Å². The lowest BCUT2D eigenvalue weighted by Gasteiger charge is -2.42. The van der Waals surface area contributed by atoms with Crippen LogP contribution in [0.2, 0.25) is 0 Å². The number of ether oxygens (including phenoxy) is 1. The van der Waals surface area contributed by atoms with Crippen molar-refractivity contribution in [3.8, 4) is 0 Å². The van der Waals surface area contributed by atoms with E-state index in [0.717, 1.165) is 0 Å². The van der Waals surface area contributed by atoms with Gasteiger partial charge in [-0.15, -0.1) is 0 Å². The molecule has 24 heavy (non-hydrogen) atoms. The molecule has 0 radical (unpaired) electrons. The first-order chi connectivity index (χ1) is 11.2. The van der Waals surface area contributed by atoms with Crippen LogP contribution in [-0.4, -0.2) is 61.9 Å². The predicted molar refractivity (Wildman–Crippen MR) is 92.5 cm³/mol. The summed E-state index contributed by atoms with van der Waals surface area (Å²) >= 11 is 0. The fourth-order valence-electron chi connectivity index (χ4n) is 2.89. The van der Waals surface area contributed by atoms with E-state index in [-0.39, 0.29) is 10.8 Å². The van der Waals surface area contributed by atoms with E-state index >= 15 is 0 Å². The maximum Gasteiger partial charge on any atom is 0.254 e. The minimum absolute atomic E-state index is 0.156. The molecule has 0 N–H and O–H groups in total. The molecule has 0 atom stereocenters. The van der Waals surface area contributed by atoms with Crippen molar-refractivity contribution >= 4 is 15.9 Å². The van der Waals surface area contributed by atoms with Crippen molar-refractivity contribution in [3.63, 3.8) is 0 Å². The molecule has 1 saturated heterocycles. The van der Waals surface area contributed by atoms with E-state index in [4.69, 9.17) is 4.74 Å². The van der Waals surface area contributed by atoms with Crippen molar-refractivity contribution in [3.05, 3.63) is 29.8 Å². The monoisotopic (exact) mass is 354 g/mol. The Labute approximate surface area is 144 Å². The highest BCUT2D eigenvalue weighted by Crippen LogP contribution is 2.23. The predicted octanol–water partition coefficient (Wildman–Crippen LogP) is 1.97. The zero-order valence-corrected chi connectivity index (χ0v) is 15.6. The van der Waals surface area contributed by atoms with Gasteiger partial charge in [0.25, 0.3) is 5.91 Å². The van der Waals surface area contributed by atoms with Crippen molar-refractivity contribution in [1.82, 2.24) is 9.21 Å². The molecule has 1 aliphatic heterocycles. The third-order valence-corrected chi connectivity index (χ3v) is 6.36. The molecule has 0 bridgehead atoms. The average Bonchev–Trinajstić information content (AvgIpc) is 2.55. The summed E-state index contributed by atoms with van der Waals surface area (Å²) < 4.78 is 32.1. The Morgan fingerprint density at radius 2 is 1.96 bits per heavy atom. The van der Waals surface area contributed by atoms with E-state index < -0.39 is 15.6 Å². The number of sulfonamides is 1. The highest BCUT2D eigenvalue weighted by molar-refractivity contribution is 7.89. The maximum absolute atomic E-state index is 12.9. The molecule has 0 aromatic heterocycles. The molecule has 1 heterocycles. The first-order valence-corrected chi connectivity index (χ1v) is 9.68. The van der Waals surface area contributed by atoms with Gasteiger partial charge >= 0.3 is 0 Å². The van der Waals surface area contributed by atoms with Gasteiger partial charge in [0, 0.05) is 25.2 Å². The minimum atomic E-state index is -3.58. The number of hydrogen-bond acceptors (Lipinski definition) is 4. The molecule has 1 aromatic rings. The fourth-order valence-corrected chi connectivity index (χ4v) is 4.40. The quantitative estimate of drug-likeness (QED) is 0.811. The maximum atomic E-state index is 12.9. The molecule has 6 nitrogen and oxygen atoms in total. The first-order valence-electron chi connectivity index (χ1n) is 8.24. The zero-order valence-electron chi connectivity index (χ0n) is 14.8. The van der Waals surface area contributed by atoms with Crippen LogP contribution >= 0.6 is 0 Å². The standard InChI is InChI=1S/C17H26N2O4S/c1-5-18(6-2)24(21,22)15-9-7-8-14(12-15)16(20)19-10-11-23-13-17(19,3)4/h7-9,12H,5-6,10-11,13H2,1-4H3. The smallest absolute Gasteiger partial charge is 0.254 e. The van der Waals surface area contributed by atoms with Crippen LogP contribution in [0, 0.1) is 0 Å². The van der Waals surface area contributed by atoms with E-state index in [0.29, 0.717) is 38.4 Å². The lowest BCUT2D eigenvalue weighted by molar-refractivity contribution is -0.0370. The molecule has 1 amide bonds. The number of benzene rings is 1. The third kappa shape index (κ3) is 3.63. The van der Waals surface area contributed by atoms with Gasteiger partial charge in [0.05, 0.1) is 23.6 Å². The number of rotatable bonds is 5. The van der Waals surface area contributed by atoms with Gasteiger partial charge in [-0.1, -0.05) is 19.9 Å². The number of carbonyl (C=O) groups is 1. The van der Waals surface area contributed by atoms with Crippen LogP contribution in [0.3, 0.4) is 0 Å². The van der Waals surface area contributed by atoms with Gasteiger partial charge in [0.15, 0.2) is 0 Å². The number of morpholine rings is 1. The number of nitrogens with zero attached hydrogens (tertiary/aromatic N) is 2.